The van der Waals surface area contributed by atoms with Gasteiger partial charge in [0, 0.05) is 37.0 Å². The van der Waals surface area contributed by atoms with Crippen LogP contribution in [0.5, 0.6) is 0 Å². The van der Waals surface area contributed by atoms with E-state index in [9.17, 15) is 9.59 Å². The summed E-state index contributed by atoms with van der Waals surface area (Å²) in [6, 6.07) is 13.6. The van der Waals surface area contributed by atoms with Crippen molar-refractivity contribution in [3.8, 4) is 11.8 Å². The van der Waals surface area contributed by atoms with Crippen LogP contribution >= 0.6 is 0 Å². The Morgan fingerprint density at radius 1 is 1.11 bits per heavy atom. The van der Waals surface area contributed by atoms with E-state index >= 15 is 0 Å². The van der Waals surface area contributed by atoms with Gasteiger partial charge in [-0.1, -0.05) is 30.2 Å². The Balaban J connectivity index is 1.51. The van der Waals surface area contributed by atoms with Gasteiger partial charge in [-0.2, -0.15) is 4.98 Å². The zero-order valence-corrected chi connectivity index (χ0v) is 20.9. The van der Waals surface area contributed by atoms with Gasteiger partial charge in [0.25, 0.3) is 5.56 Å². The minimum absolute atomic E-state index is 0.0358. The summed E-state index contributed by atoms with van der Waals surface area (Å²) in [5.41, 5.74) is 8.56. The smallest absolute Gasteiger partial charge is 0.332 e. The molecule has 0 radical (unpaired) electrons. The Hall–Kier alpha value is -4.29. The lowest BCUT2D eigenvalue weighted by molar-refractivity contribution is 0.496. The van der Waals surface area contributed by atoms with Crippen LogP contribution in [-0.2, 0) is 20.1 Å². The monoisotopic (exact) mass is 496 g/mol. The molecule has 2 aromatic carbocycles. The number of furan rings is 1. The first kappa shape index (κ1) is 23.1. The minimum Gasteiger partial charge on any atom is -0.456 e. The number of benzene rings is 2. The number of hydrogen-bond donors (Lipinski definition) is 1. The maximum absolute atomic E-state index is 13.9. The summed E-state index contributed by atoms with van der Waals surface area (Å²) in [6.45, 7) is 3.63. The molecule has 5 aromatic rings. The molecule has 6 rings (SSSR count). The highest BCUT2D eigenvalue weighted by molar-refractivity contribution is 6.04. The van der Waals surface area contributed by atoms with Crippen molar-refractivity contribution in [2.45, 2.75) is 38.9 Å². The molecule has 4 heterocycles. The summed E-state index contributed by atoms with van der Waals surface area (Å²) in [5, 5.41) is 1.95. The Bertz CT molecular complexity index is 1850. The van der Waals surface area contributed by atoms with Crippen LogP contribution in [0.15, 0.2) is 56.5 Å². The van der Waals surface area contributed by atoms with E-state index in [0.717, 1.165) is 46.9 Å². The van der Waals surface area contributed by atoms with Crippen LogP contribution in [0.1, 0.15) is 25.3 Å². The van der Waals surface area contributed by atoms with Crippen LogP contribution < -0.4 is 21.9 Å². The molecular formula is C28H28N6O3. The molecular weight excluding hydrogens is 468 g/mol. The summed E-state index contributed by atoms with van der Waals surface area (Å²) in [4.78, 5) is 34.1. The Morgan fingerprint density at radius 2 is 1.92 bits per heavy atom. The molecule has 1 aliphatic rings. The van der Waals surface area contributed by atoms with Crippen molar-refractivity contribution in [2.24, 2.45) is 12.8 Å². The topological polar surface area (TPSA) is 104 Å². The molecule has 0 unspecified atom stereocenters. The third-order valence-electron chi connectivity index (χ3n) is 7.15. The third-order valence-corrected chi connectivity index (χ3v) is 7.15. The first-order valence-corrected chi connectivity index (χ1v) is 12.5. The number of rotatable bonds is 4. The fourth-order valence-corrected chi connectivity index (χ4v) is 5.29. The first-order valence-electron chi connectivity index (χ1n) is 12.5. The lowest BCUT2D eigenvalue weighted by Gasteiger charge is -2.31. The second-order valence-corrected chi connectivity index (χ2v) is 9.61. The minimum atomic E-state index is -0.414. The molecule has 2 N–H and O–H groups in total. The molecule has 1 aliphatic heterocycles. The van der Waals surface area contributed by atoms with Crippen LogP contribution in [0.25, 0.3) is 33.1 Å². The molecule has 0 amide bonds. The van der Waals surface area contributed by atoms with Crippen molar-refractivity contribution in [2.75, 3.05) is 18.0 Å². The van der Waals surface area contributed by atoms with E-state index in [1.165, 1.54) is 9.13 Å². The molecule has 9 heteroatoms. The SMILES string of the molecule is CC#CCn1c(N2CCC[C@@H](N)C2)nc2c1c(=O)n(Cc1ccc3oc4ccccc4c3c1)c(=O)n2C. The molecule has 188 valence electrons. The maximum Gasteiger partial charge on any atom is 0.332 e. The largest absolute Gasteiger partial charge is 0.456 e. The Labute approximate surface area is 212 Å². The van der Waals surface area contributed by atoms with Crippen molar-refractivity contribution in [3.05, 3.63) is 68.9 Å². The van der Waals surface area contributed by atoms with Gasteiger partial charge in [-0.05, 0) is 43.5 Å². The van der Waals surface area contributed by atoms with Crippen molar-refractivity contribution >= 4 is 39.1 Å². The molecule has 0 saturated carbocycles. The first-order chi connectivity index (χ1) is 18.0. The van der Waals surface area contributed by atoms with Crippen molar-refractivity contribution in [1.82, 2.24) is 18.7 Å². The second kappa shape index (κ2) is 8.98. The maximum atomic E-state index is 13.9. The Morgan fingerprint density at radius 3 is 2.73 bits per heavy atom. The van der Waals surface area contributed by atoms with Gasteiger partial charge < -0.3 is 15.1 Å². The highest BCUT2D eigenvalue weighted by Gasteiger charge is 2.26. The van der Waals surface area contributed by atoms with Crippen molar-refractivity contribution in [3.63, 3.8) is 0 Å². The average molecular weight is 497 g/mol. The highest BCUT2D eigenvalue weighted by atomic mass is 16.3. The standard InChI is InChI=1S/C28H28N6O3/c1-3-4-14-33-24-25(30-27(33)32-13-7-8-19(29)17-32)31(2)28(36)34(26(24)35)16-18-11-12-23-21(15-18)20-9-5-6-10-22(20)37-23/h5-6,9-12,15,19H,7-8,13-14,16-17,29H2,1-2H3/t19-/m1/s1. The molecule has 3 aromatic heterocycles. The summed E-state index contributed by atoms with van der Waals surface area (Å²) < 4.78 is 10.5. The zero-order valence-electron chi connectivity index (χ0n) is 20.9. The number of nitrogens with zero attached hydrogens (tertiary/aromatic N) is 5. The van der Waals surface area contributed by atoms with E-state index in [1.54, 1.807) is 14.0 Å². The Kier molecular flexibility index (Phi) is 5.61. The second-order valence-electron chi connectivity index (χ2n) is 9.61. The van der Waals surface area contributed by atoms with Crippen molar-refractivity contribution in [1.29, 1.82) is 0 Å². The van der Waals surface area contributed by atoms with E-state index in [0.29, 0.717) is 30.2 Å². The highest BCUT2D eigenvalue weighted by Crippen LogP contribution is 2.29. The summed E-state index contributed by atoms with van der Waals surface area (Å²) in [5.74, 6) is 6.61. The summed E-state index contributed by atoms with van der Waals surface area (Å²) in [6.07, 6.45) is 1.89. The van der Waals surface area contributed by atoms with Crippen LogP contribution in [0.3, 0.4) is 0 Å². The van der Waals surface area contributed by atoms with Gasteiger partial charge in [0.1, 0.15) is 11.2 Å². The van der Waals surface area contributed by atoms with Crippen LogP contribution in [-0.4, -0.2) is 37.8 Å². The lowest BCUT2D eigenvalue weighted by Crippen LogP contribution is -2.44. The van der Waals surface area contributed by atoms with Crippen LogP contribution in [0.4, 0.5) is 5.95 Å². The van der Waals surface area contributed by atoms with Crippen LogP contribution in [0.2, 0.25) is 0 Å². The fourth-order valence-electron chi connectivity index (χ4n) is 5.29. The number of nitrogens with two attached hydrogens (primary N) is 1. The lowest BCUT2D eigenvalue weighted by atomic mass is 10.1. The van der Waals surface area contributed by atoms with Gasteiger partial charge in [-0.15, -0.1) is 5.92 Å². The van der Waals surface area contributed by atoms with Gasteiger partial charge in [0.05, 0.1) is 13.1 Å². The van der Waals surface area contributed by atoms with Gasteiger partial charge in [-0.3, -0.25) is 18.5 Å². The quantitative estimate of drug-likeness (QED) is 0.384. The van der Waals surface area contributed by atoms with Gasteiger partial charge >= 0.3 is 5.69 Å². The summed E-state index contributed by atoms with van der Waals surface area (Å²) in [7, 11) is 1.65. The van der Waals surface area contributed by atoms with Gasteiger partial charge in [0.15, 0.2) is 11.2 Å². The number of anilines is 1. The molecule has 9 nitrogen and oxygen atoms in total. The van der Waals surface area contributed by atoms with Crippen molar-refractivity contribution < 1.29 is 4.42 Å². The van der Waals surface area contributed by atoms with E-state index in [1.807, 2.05) is 47.0 Å². The average Bonchev–Trinajstić information content (AvgIpc) is 3.47. The number of aromatic nitrogens is 4. The molecule has 1 atom stereocenters. The van der Waals surface area contributed by atoms with Crippen LogP contribution in [0, 0.1) is 11.8 Å². The molecule has 0 bridgehead atoms. The molecule has 1 fully saturated rings. The molecule has 37 heavy (non-hydrogen) atoms. The fraction of sp³-hybridized carbons (Fsp3) is 0.321. The number of hydrogen-bond acceptors (Lipinski definition) is 6. The van der Waals surface area contributed by atoms with Gasteiger partial charge in [-0.25, -0.2) is 4.79 Å². The number of imidazole rings is 1. The molecule has 0 spiro atoms. The van der Waals surface area contributed by atoms with Gasteiger partial charge in [0.2, 0.25) is 5.95 Å². The van der Waals surface area contributed by atoms with E-state index in [4.69, 9.17) is 15.1 Å². The number of piperidine rings is 1. The third kappa shape index (κ3) is 3.81. The number of fused-ring (bicyclic) bond motifs is 4. The predicted octanol–water partition coefficient (Wildman–Crippen LogP) is 2.80. The number of aryl methyl sites for hydroxylation is 1. The van der Waals surface area contributed by atoms with E-state index in [2.05, 4.69) is 16.7 Å². The number of para-hydroxylation sites is 1. The molecule has 1 saturated heterocycles. The van der Waals surface area contributed by atoms with E-state index in [-0.39, 0.29) is 18.1 Å². The zero-order chi connectivity index (χ0) is 25.7. The normalized spacial score (nSPS) is 16.0. The predicted molar refractivity (Wildman–Crippen MR) is 145 cm³/mol. The van der Waals surface area contributed by atoms with E-state index < -0.39 is 5.69 Å². The summed E-state index contributed by atoms with van der Waals surface area (Å²) >= 11 is 0. The molecule has 0 aliphatic carbocycles.